The Balaban J connectivity index is 1.46. The van der Waals surface area contributed by atoms with Crippen molar-refractivity contribution in [1.82, 2.24) is 10.4 Å². The highest BCUT2D eigenvalue weighted by atomic mass is 15.4. The molecule has 7 N–H and O–H groups in total. The molecule has 5 aromatic carbocycles. The molecule has 0 bridgehead atoms. The minimum atomic E-state index is -0.547. The van der Waals surface area contributed by atoms with Gasteiger partial charge in [-0.25, -0.2) is 10.4 Å². The molecular weight excluding hydrogens is 580 g/mol. The Hall–Kier alpha value is -6.74. The SMILES string of the molecule is N#Cc1ccc(C2=Cc3c(-c4ccccc4)nc4cc(-c5c(N)cc(C#N)cc5N)ccc4c3C(=N)C2NNc2ccccc2)cc1. The van der Waals surface area contributed by atoms with Gasteiger partial charge in [0.15, 0.2) is 0 Å². The summed E-state index contributed by atoms with van der Waals surface area (Å²) in [6, 6.07) is 39.9. The van der Waals surface area contributed by atoms with Gasteiger partial charge in [-0.1, -0.05) is 72.8 Å². The summed E-state index contributed by atoms with van der Waals surface area (Å²) in [6.07, 6.45) is 2.10. The second-order valence-corrected chi connectivity index (χ2v) is 11.3. The number of fused-ring (bicyclic) bond motifs is 3. The van der Waals surface area contributed by atoms with Gasteiger partial charge in [-0.05, 0) is 65.2 Å². The van der Waals surface area contributed by atoms with Crippen molar-refractivity contribution in [2.75, 3.05) is 16.9 Å². The van der Waals surface area contributed by atoms with Gasteiger partial charge in [0, 0.05) is 44.7 Å². The first kappa shape index (κ1) is 29.0. The fourth-order valence-electron chi connectivity index (χ4n) is 6.12. The van der Waals surface area contributed by atoms with Gasteiger partial charge in [-0.15, -0.1) is 0 Å². The number of rotatable bonds is 6. The average molecular weight is 609 g/mol. The van der Waals surface area contributed by atoms with Crippen LogP contribution >= 0.6 is 0 Å². The lowest BCUT2D eigenvalue weighted by Crippen LogP contribution is -2.43. The zero-order chi connectivity index (χ0) is 32.5. The van der Waals surface area contributed by atoms with Crippen LogP contribution in [0.4, 0.5) is 17.1 Å². The molecule has 47 heavy (non-hydrogen) atoms. The molecule has 1 unspecified atom stereocenters. The molecule has 0 spiro atoms. The standard InChI is InChI=1S/C39H28N8/c40-21-23-11-13-25(14-12-23)30-20-31-36(37(44)39(30)47-46-28-9-5-2-6-10-28)29-16-15-27(35-32(42)17-24(22-41)18-33(35)43)19-34(29)45-38(31)26-7-3-1-4-8-26/h1-20,39,44,46-47H,42-43H2. The van der Waals surface area contributed by atoms with Gasteiger partial charge < -0.3 is 22.3 Å². The number of nitriles is 2. The molecule has 1 heterocycles. The second-order valence-electron chi connectivity index (χ2n) is 11.3. The third kappa shape index (κ3) is 5.32. The minimum Gasteiger partial charge on any atom is -0.398 e. The van der Waals surface area contributed by atoms with Crippen molar-refractivity contribution in [2.24, 2.45) is 0 Å². The third-order valence-electron chi connectivity index (χ3n) is 8.34. The summed E-state index contributed by atoms with van der Waals surface area (Å²) in [5.41, 5.74) is 29.5. The fraction of sp³-hybridized carbons (Fsp3) is 0.0256. The van der Waals surface area contributed by atoms with Crippen LogP contribution in [-0.4, -0.2) is 16.7 Å². The molecule has 0 aliphatic heterocycles. The molecule has 0 amide bonds. The number of hydrogen-bond acceptors (Lipinski definition) is 8. The maximum atomic E-state index is 9.73. The van der Waals surface area contributed by atoms with Gasteiger partial charge in [-0.3, -0.25) is 0 Å². The van der Waals surface area contributed by atoms with Crippen LogP contribution in [0, 0.1) is 28.1 Å². The zero-order valence-corrected chi connectivity index (χ0v) is 25.1. The van der Waals surface area contributed by atoms with Crippen molar-refractivity contribution in [3.05, 3.63) is 143 Å². The molecule has 8 nitrogen and oxygen atoms in total. The average Bonchev–Trinajstić information content (AvgIpc) is 3.11. The van der Waals surface area contributed by atoms with E-state index in [0.29, 0.717) is 39.3 Å². The summed E-state index contributed by atoms with van der Waals surface area (Å²) in [7, 11) is 0. The van der Waals surface area contributed by atoms with Crippen LogP contribution in [-0.2, 0) is 0 Å². The number of nitrogen functional groups attached to an aromatic ring is 2. The smallest absolute Gasteiger partial charge is 0.0993 e. The number of aromatic nitrogens is 1. The Morgan fingerprint density at radius 2 is 1.32 bits per heavy atom. The number of para-hydroxylation sites is 1. The molecule has 224 valence electrons. The van der Waals surface area contributed by atoms with Crippen LogP contribution in [0.5, 0.6) is 0 Å². The zero-order valence-electron chi connectivity index (χ0n) is 25.1. The van der Waals surface area contributed by atoms with E-state index >= 15 is 0 Å². The third-order valence-corrected chi connectivity index (χ3v) is 8.34. The summed E-state index contributed by atoms with van der Waals surface area (Å²) in [5.74, 6) is 0. The van der Waals surface area contributed by atoms with E-state index in [0.717, 1.165) is 50.2 Å². The lowest BCUT2D eigenvalue weighted by Gasteiger charge is -2.31. The summed E-state index contributed by atoms with van der Waals surface area (Å²) in [6.45, 7) is 0. The Morgan fingerprint density at radius 1 is 0.681 bits per heavy atom. The quantitative estimate of drug-likeness (QED) is 0.0973. The second kappa shape index (κ2) is 12.0. The van der Waals surface area contributed by atoms with Gasteiger partial charge in [0.25, 0.3) is 0 Å². The molecule has 0 radical (unpaired) electrons. The molecule has 6 aromatic rings. The maximum absolute atomic E-state index is 9.73. The number of nitrogens with two attached hydrogens (primary N) is 2. The summed E-state index contributed by atoms with van der Waals surface area (Å²) < 4.78 is 0. The largest absolute Gasteiger partial charge is 0.398 e. The van der Waals surface area contributed by atoms with E-state index in [1.165, 1.54) is 0 Å². The molecule has 0 saturated carbocycles. The minimum absolute atomic E-state index is 0.361. The summed E-state index contributed by atoms with van der Waals surface area (Å²) in [4.78, 5) is 5.19. The van der Waals surface area contributed by atoms with Crippen LogP contribution < -0.4 is 22.3 Å². The predicted octanol–water partition coefficient (Wildman–Crippen LogP) is 7.38. The lowest BCUT2D eigenvalue weighted by molar-refractivity contribution is 0.816. The molecule has 0 saturated heterocycles. The molecule has 0 fully saturated rings. The Kier molecular flexibility index (Phi) is 7.39. The highest BCUT2D eigenvalue weighted by molar-refractivity contribution is 6.24. The van der Waals surface area contributed by atoms with Crippen molar-refractivity contribution in [3.8, 4) is 34.5 Å². The normalized spacial score (nSPS) is 13.7. The topological polar surface area (TPSA) is 160 Å². The maximum Gasteiger partial charge on any atom is 0.0993 e. The number of hydrazine groups is 1. The first-order valence-electron chi connectivity index (χ1n) is 15.0. The van der Waals surface area contributed by atoms with Crippen molar-refractivity contribution in [2.45, 2.75) is 6.04 Å². The van der Waals surface area contributed by atoms with Crippen LogP contribution in [0.2, 0.25) is 0 Å². The number of nitrogens with one attached hydrogen (secondary N) is 3. The Labute approximate surface area is 271 Å². The van der Waals surface area contributed by atoms with Crippen LogP contribution in [0.25, 0.3) is 44.9 Å². The monoisotopic (exact) mass is 608 g/mol. The van der Waals surface area contributed by atoms with E-state index in [1.807, 2.05) is 91.0 Å². The first-order valence-corrected chi connectivity index (χ1v) is 15.0. The van der Waals surface area contributed by atoms with Crippen LogP contribution in [0.15, 0.2) is 115 Å². The highest BCUT2D eigenvalue weighted by Crippen LogP contribution is 2.41. The highest BCUT2D eigenvalue weighted by Gasteiger charge is 2.32. The van der Waals surface area contributed by atoms with Crippen molar-refractivity contribution >= 4 is 45.3 Å². The lowest BCUT2D eigenvalue weighted by atomic mass is 9.80. The van der Waals surface area contributed by atoms with Gasteiger partial charge in [0.1, 0.15) is 0 Å². The molecule has 1 atom stereocenters. The predicted molar refractivity (Wildman–Crippen MR) is 189 cm³/mol. The van der Waals surface area contributed by atoms with Gasteiger partial charge >= 0.3 is 0 Å². The van der Waals surface area contributed by atoms with Gasteiger partial charge in [0.2, 0.25) is 0 Å². The van der Waals surface area contributed by atoms with Gasteiger partial charge in [-0.2, -0.15) is 10.5 Å². The Bertz CT molecular complexity index is 2270. The first-order chi connectivity index (χ1) is 22.9. The van der Waals surface area contributed by atoms with E-state index in [-0.39, 0.29) is 0 Å². The van der Waals surface area contributed by atoms with Crippen LogP contribution in [0.1, 0.15) is 27.8 Å². The number of nitrogens with zero attached hydrogens (tertiary/aromatic N) is 3. The summed E-state index contributed by atoms with van der Waals surface area (Å²) in [5, 5.41) is 29.3. The number of benzene rings is 5. The number of pyridine rings is 1. The van der Waals surface area contributed by atoms with E-state index in [9.17, 15) is 15.9 Å². The number of anilines is 3. The molecule has 1 aliphatic rings. The molecular formula is C39H28N8. The van der Waals surface area contributed by atoms with Crippen molar-refractivity contribution in [1.29, 1.82) is 15.9 Å². The van der Waals surface area contributed by atoms with Gasteiger partial charge in [0.05, 0.1) is 46.2 Å². The molecule has 7 rings (SSSR count). The van der Waals surface area contributed by atoms with Crippen molar-refractivity contribution < 1.29 is 0 Å². The van der Waals surface area contributed by atoms with E-state index in [2.05, 4.69) is 29.1 Å². The van der Waals surface area contributed by atoms with E-state index in [1.54, 1.807) is 24.3 Å². The molecule has 1 aliphatic carbocycles. The van der Waals surface area contributed by atoms with Crippen molar-refractivity contribution in [3.63, 3.8) is 0 Å². The fourth-order valence-corrected chi connectivity index (χ4v) is 6.12. The van der Waals surface area contributed by atoms with Crippen LogP contribution in [0.3, 0.4) is 0 Å². The summed E-state index contributed by atoms with van der Waals surface area (Å²) >= 11 is 0. The Morgan fingerprint density at radius 3 is 1.98 bits per heavy atom. The van der Waals surface area contributed by atoms with E-state index in [4.69, 9.17) is 16.5 Å². The molecule has 1 aromatic heterocycles. The molecule has 8 heteroatoms. The van der Waals surface area contributed by atoms with E-state index < -0.39 is 6.04 Å². The number of hydrogen-bond donors (Lipinski definition) is 5.